The summed E-state index contributed by atoms with van der Waals surface area (Å²) in [6.45, 7) is 9.47. The number of nitrogens with two attached hydrogens (primary N) is 1. The zero-order valence-electron chi connectivity index (χ0n) is 12.4. The highest BCUT2D eigenvalue weighted by molar-refractivity contribution is 5.43. The van der Waals surface area contributed by atoms with E-state index in [1.807, 2.05) is 0 Å². The van der Waals surface area contributed by atoms with Gasteiger partial charge in [-0.2, -0.15) is 0 Å². The van der Waals surface area contributed by atoms with Gasteiger partial charge in [0.15, 0.2) is 0 Å². The lowest BCUT2D eigenvalue weighted by Gasteiger charge is -2.29. The van der Waals surface area contributed by atoms with Crippen molar-refractivity contribution in [3.8, 4) is 0 Å². The smallest absolute Gasteiger partial charge is 0.129 e. The summed E-state index contributed by atoms with van der Waals surface area (Å²) in [5.41, 5.74) is 8.10. The molecule has 0 aromatic carbocycles. The largest absolute Gasteiger partial charge is 0.357 e. The van der Waals surface area contributed by atoms with E-state index in [0.717, 1.165) is 24.4 Å². The van der Waals surface area contributed by atoms with Crippen molar-refractivity contribution in [2.75, 3.05) is 11.9 Å². The maximum atomic E-state index is 5.77. The van der Waals surface area contributed by atoms with Gasteiger partial charge < -0.3 is 10.6 Å². The van der Waals surface area contributed by atoms with Gasteiger partial charge in [0.2, 0.25) is 0 Å². The zero-order chi connectivity index (χ0) is 13.7. The number of anilines is 1. The van der Waals surface area contributed by atoms with E-state index < -0.39 is 0 Å². The van der Waals surface area contributed by atoms with Crippen LogP contribution in [0.2, 0.25) is 0 Å². The topological polar surface area (TPSA) is 42.1 Å². The Morgan fingerprint density at radius 1 is 1.28 bits per heavy atom. The van der Waals surface area contributed by atoms with Crippen LogP contribution in [0, 0.1) is 5.92 Å². The standard InChI is InChI=1S/C15H27N3/c1-6-7-14-8-13(10-16)9-15(17-14)18(5)12(4)11(2)3/h8-9,11-12H,6-7,10,16H2,1-5H3. The molecule has 0 saturated heterocycles. The van der Waals surface area contributed by atoms with Crippen LogP contribution in [0.15, 0.2) is 12.1 Å². The second-order valence-corrected chi connectivity index (χ2v) is 5.37. The number of nitrogens with zero attached hydrogens (tertiary/aromatic N) is 2. The van der Waals surface area contributed by atoms with E-state index in [0.29, 0.717) is 18.5 Å². The predicted octanol–water partition coefficient (Wildman–Crippen LogP) is 2.97. The number of pyridine rings is 1. The van der Waals surface area contributed by atoms with Crippen LogP contribution in [0.5, 0.6) is 0 Å². The number of hydrogen-bond donors (Lipinski definition) is 1. The van der Waals surface area contributed by atoms with E-state index in [4.69, 9.17) is 10.7 Å². The first-order valence-corrected chi connectivity index (χ1v) is 6.92. The number of rotatable bonds is 6. The average molecular weight is 249 g/mol. The fraction of sp³-hybridized carbons (Fsp3) is 0.667. The highest BCUT2D eigenvalue weighted by Gasteiger charge is 2.15. The lowest BCUT2D eigenvalue weighted by atomic mass is 10.0. The molecule has 0 saturated carbocycles. The lowest BCUT2D eigenvalue weighted by molar-refractivity contribution is 0.502. The highest BCUT2D eigenvalue weighted by Crippen LogP contribution is 2.19. The summed E-state index contributed by atoms with van der Waals surface area (Å²) in [5.74, 6) is 1.65. The molecule has 18 heavy (non-hydrogen) atoms. The minimum Gasteiger partial charge on any atom is -0.357 e. The Labute approximate surface area is 111 Å². The van der Waals surface area contributed by atoms with Gasteiger partial charge in [-0.05, 0) is 37.0 Å². The van der Waals surface area contributed by atoms with Crippen LogP contribution < -0.4 is 10.6 Å². The minimum atomic E-state index is 0.472. The Morgan fingerprint density at radius 2 is 1.94 bits per heavy atom. The van der Waals surface area contributed by atoms with E-state index in [-0.39, 0.29) is 0 Å². The van der Waals surface area contributed by atoms with Crippen LogP contribution in [0.3, 0.4) is 0 Å². The average Bonchev–Trinajstić information content (AvgIpc) is 2.36. The van der Waals surface area contributed by atoms with Crippen molar-refractivity contribution >= 4 is 5.82 Å². The molecule has 1 aromatic rings. The molecule has 102 valence electrons. The molecule has 1 atom stereocenters. The highest BCUT2D eigenvalue weighted by atomic mass is 15.2. The van der Waals surface area contributed by atoms with E-state index >= 15 is 0 Å². The second-order valence-electron chi connectivity index (χ2n) is 5.37. The monoisotopic (exact) mass is 249 g/mol. The quantitative estimate of drug-likeness (QED) is 0.843. The van der Waals surface area contributed by atoms with Crippen molar-refractivity contribution in [3.05, 3.63) is 23.4 Å². The molecule has 0 fully saturated rings. The van der Waals surface area contributed by atoms with Gasteiger partial charge in [0.05, 0.1) is 0 Å². The third-order valence-electron chi connectivity index (χ3n) is 3.60. The first-order valence-electron chi connectivity index (χ1n) is 6.92. The number of aryl methyl sites for hydroxylation is 1. The van der Waals surface area contributed by atoms with E-state index in [1.165, 1.54) is 5.56 Å². The summed E-state index contributed by atoms with van der Waals surface area (Å²) in [6.07, 6.45) is 2.13. The molecule has 1 heterocycles. The van der Waals surface area contributed by atoms with Crippen LogP contribution in [-0.2, 0) is 13.0 Å². The van der Waals surface area contributed by atoms with E-state index in [1.54, 1.807) is 0 Å². The normalized spacial score (nSPS) is 12.8. The molecule has 0 aliphatic rings. The first kappa shape index (κ1) is 15.0. The van der Waals surface area contributed by atoms with Crippen LogP contribution >= 0.6 is 0 Å². The van der Waals surface area contributed by atoms with Crippen molar-refractivity contribution in [2.45, 2.75) is 53.1 Å². The maximum absolute atomic E-state index is 5.77. The Bertz CT molecular complexity index is 374. The molecule has 0 amide bonds. The fourth-order valence-corrected chi connectivity index (χ4v) is 1.97. The maximum Gasteiger partial charge on any atom is 0.129 e. The predicted molar refractivity (Wildman–Crippen MR) is 78.8 cm³/mol. The van der Waals surface area contributed by atoms with Gasteiger partial charge in [-0.1, -0.05) is 27.2 Å². The summed E-state index contributed by atoms with van der Waals surface area (Å²) in [6, 6.07) is 4.71. The van der Waals surface area contributed by atoms with Crippen LogP contribution in [0.1, 0.15) is 45.4 Å². The molecule has 1 rings (SSSR count). The Morgan fingerprint density at radius 3 is 2.44 bits per heavy atom. The van der Waals surface area contributed by atoms with Gasteiger partial charge >= 0.3 is 0 Å². The van der Waals surface area contributed by atoms with Crippen LogP contribution in [0.25, 0.3) is 0 Å². The molecule has 0 spiro atoms. The Kier molecular flexibility index (Phi) is 5.60. The minimum absolute atomic E-state index is 0.472. The number of hydrogen-bond acceptors (Lipinski definition) is 3. The van der Waals surface area contributed by atoms with Crippen LogP contribution in [-0.4, -0.2) is 18.1 Å². The third kappa shape index (κ3) is 3.70. The van der Waals surface area contributed by atoms with Gasteiger partial charge in [-0.15, -0.1) is 0 Å². The lowest BCUT2D eigenvalue weighted by Crippen LogP contribution is -2.34. The van der Waals surface area contributed by atoms with Crippen molar-refractivity contribution in [1.82, 2.24) is 4.98 Å². The summed E-state index contributed by atoms with van der Waals surface area (Å²) < 4.78 is 0. The van der Waals surface area contributed by atoms with Gasteiger partial charge in [0.25, 0.3) is 0 Å². The van der Waals surface area contributed by atoms with Crippen LogP contribution in [0.4, 0.5) is 5.82 Å². The van der Waals surface area contributed by atoms with Gasteiger partial charge in [-0.3, -0.25) is 0 Å². The van der Waals surface area contributed by atoms with Crippen molar-refractivity contribution in [2.24, 2.45) is 11.7 Å². The molecule has 0 aliphatic carbocycles. The number of aromatic nitrogens is 1. The zero-order valence-corrected chi connectivity index (χ0v) is 12.4. The SMILES string of the molecule is CCCc1cc(CN)cc(N(C)C(C)C(C)C)n1. The second kappa shape index (κ2) is 6.74. The van der Waals surface area contributed by atoms with Gasteiger partial charge in [-0.25, -0.2) is 4.98 Å². The van der Waals surface area contributed by atoms with Gasteiger partial charge in [0, 0.05) is 25.3 Å². The van der Waals surface area contributed by atoms with Crippen molar-refractivity contribution < 1.29 is 0 Å². The third-order valence-corrected chi connectivity index (χ3v) is 3.60. The van der Waals surface area contributed by atoms with E-state index in [2.05, 4.69) is 51.8 Å². The summed E-state index contributed by atoms with van der Waals surface area (Å²) in [7, 11) is 2.11. The fourth-order valence-electron chi connectivity index (χ4n) is 1.97. The summed E-state index contributed by atoms with van der Waals surface area (Å²) >= 11 is 0. The van der Waals surface area contributed by atoms with E-state index in [9.17, 15) is 0 Å². The summed E-state index contributed by atoms with van der Waals surface area (Å²) in [4.78, 5) is 7.00. The first-order chi connectivity index (χ1) is 8.49. The molecule has 2 N–H and O–H groups in total. The molecule has 1 unspecified atom stereocenters. The molecular weight excluding hydrogens is 222 g/mol. The Hall–Kier alpha value is -1.09. The molecule has 1 aromatic heterocycles. The Balaban J connectivity index is 3.03. The van der Waals surface area contributed by atoms with Crippen molar-refractivity contribution in [1.29, 1.82) is 0 Å². The molecule has 0 radical (unpaired) electrons. The molecular formula is C15H27N3. The molecule has 3 heteroatoms. The summed E-state index contributed by atoms with van der Waals surface area (Å²) in [5, 5.41) is 0. The van der Waals surface area contributed by atoms with Crippen molar-refractivity contribution in [3.63, 3.8) is 0 Å². The molecule has 3 nitrogen and oxygen atoms in total. The molecule has 0 bridgehead atoms. The van der Waals surface area contributed by atoms with Gasteiger partial charge in [0.1, 0.15) is 5.82 Å². The molecule has 0 aliphatic heterocycles.